The first-order chi connectivity index (χ1) is 9.15. The smallest absolute Gasteiger partial charge is 0.0768 e. The summed E-state index contributed by atoms with van der Waals surface area (Å²) in [7, 11) is 0. The molecule has 0 radical (unpaired) electrons. The Labute approximate surface area is 120 Å². The maximum Gasteiger partial charge on any atom is 0.0768 e. The van der Waals surface area contributed by atoms with Gasteiger partial charge in [-0.1, -0.05) is 19.9 Å². The van der Waals surface area contributed by atoms with Gasteiger partial charge in [0.25, 0.3) is 0 Å². The number of piperazine rings is 1. The van der Waals surface area contributed by atoms with Crippen molar-refractivity contribution in [3.63, 3.8) is 0 Å². The lowest BCUT2D eigenvalue weighted by Gasteiger charge is -2.38. The van der Waals surface area contributed by atoms with Crippen molar-refractivity contribution in [2.45, 2.75) is 38.8 Å². The molecule has 0 saturated carbocycles. The summed E-state index contributed by atoms with van der Waals surface area (Å²) in [6.07, 6.45) is 1.69. The topological polar surface area (TPSA) is 26.7 Å². The molecule has 0 spiro atoms. The summed E-state index contributed by atoms with van der Waals surface area (Å²) in [5, 5.41) is 12.5. The fourth-order valence-corrected chi connectivity index (χ4v) is 3.36. The molecule has 0 bridgehead atoms. The van der Waals surface area contributed by atoms with E-state index in [1.54, 1.807) is 0 Å². The third kappa shape index (κ3) is 4.28. The number of nitrogens with zero attached hydrogens (tertiary/aromatic N) is 2. The van der Waals surface area contributed by atoms with Gasteiger partial charge in [0, 0.05) is 44.1 Å². The van der Waals surface area contributed by atoms with Crippen LogP contribution in [0.5, 0.6) is 0 Å². The molecule has 0 aromatic carbocycles. The zero-order valence-corrected chi connectivity index (χ0v) is 13.0. The van der Waals surface area contributed by atoms with Gasteiger partial charge in [-0.05, 0) is 24.3 Å². The highest BCUT2D eigenvalue weighted by molar-refractivity contribution is 7.09. The Hall–Kier alpha value is -0.420. The Morgan fingerprint density at radius 2 is 1.79 bits per heavy atom. The Kier molecular flexibility index (Phi) is 5.39. The van der Waals surface area contributed by atoms with Crippen LogP contribution in [0.3, 0.4) is 0 Å². The highest BCUT2D eigenvalue weighted by Gasteiger charge is 2.27. The molecule has 1 aliphatic heterocycles. The first-order valence-corrected chi connectivity index (χ1v) is 8.22. The van der Waals surface area contributed by atoms with Gasteiger partial charge in [-0.25, -0.2) is 0 Å². The molecule has 0 amide bonds. The van der Waals surface area contributed by atoms with Crippen LogP contribution >= 0.6 is 11.3 Å². The molecule has 2 heterocycles. The van der Waals surface area contributed by atoms with Gasteiger partial charge in [-0.15, -0.1) is 11.3 Å². The summed E-state index contributed by atoms with van der Waals surface area (Å²) in [5.74, 6) is 0. The third-order valence-electron chi connectivity index (χ3n) is 4.26. The average Bonchev–Trinajstić information content (AvgIpc) is 2.94. The van der Waals surface area contributed by atoms with E-state index in [1.165, 1.54) is 4.88 Å². The van der Waals surface area contributed by atoms with E-state index >= 15 is 0 Å². The van der Waals surface area contributed by atoms with Gasteiger partial charge >= 0.3 is 0 Å². The summed E-state index contributed by atoms with van der Waals surface area (Å²) in [6.45, 7) is 10.4. The number of aliphatic hydroxyl groups is 1. The minimum atomic E-state index is -0.490. The fourth-order valence-electron chi connectivity index (χ4n) is 2.62. The van der Waals surface area contributed by atoms with Crippen LogP contribution in [0.1, 0.15) is 31.6 Å². The molecule has 1 fully saturated rings. The van der Waals surface area contributed by atoms with Crippen LogP contribution in [0.4, 0.5) is 0 Å². The van der Waals surface area contributed by atoms with Gasteiger partial charge in [0.15, 0.2) is 0 Å². The van der Waals surface area contributed by atoms with Crippen molar-refractivity contribution < 1.29 is 5.11 Å². The van der Waals surface area contributed by atoms with Crippen LogP contribution in [0.2, 0.25) is 0 Å². The van der Waals surface area contributed by atoms with Crippen LogP contribution in [0, 0.1) is 0 Å². The minimum absolute atomic E-state index is 0.490. The van der Waals surface area contributed by atoms with E-state index in [0.717, 1.165) is 52.1 Å². The summed E-state index contributed by atoms with van der Waals surface area (Å²) < 4.78 is 0. The number of hydrogen-bond donors (Lipinski definition) is 1. The van der Waals surface area contributed by atoms with Gasteiger partial charge in [0.1, 0.15) is 0 Å². The van der Waals surface area contributed by atoms with Crippen molar-refractivity contribution in [2.75, 3.05) is 32.7 Å². The predicted octanol–water partition coefficient (Wildman–Crippen LogP) is 2.42. The van der Waals surface area contributed by atoms with Crippen LogP contribution in [-0.4, -0.2) is 53.2 Å². The molecule has 1 saturated heterocycles. The number of β-amino-alcohol motifs (C(OH)–C–C–N with tert-alkyl or cyclic N) is 1. The zero-order valence-electron chi connectivity index (χ0n) is 12.1. The summed E-state index contributed by atoms with van der Waals surface area (Å²) >= 11 is 1.84. The van der Waals surface area contributed by atoms with Gasteiger partial charge < -0.3 is 5.11 Å². The summed E-state index contributed by atoms with van der Waals surface area (Å²) in [4.78, 5) is 6.38. The van der Waals surface area contributed by atoms with Crippen molar-refractivity contribution >= 4 is 11.3 Å². The van der Waals surface area contributed by atoms with Crippen LogP contribution < -0.4 is 0 Å². The number of rotatable bonds is 6. The molecule has 0 aliphatic carbocycles. The van der Waals surface area contributed by atoms with Crippen molar-refractivity contribution in [3.05, 3.63) is 22.4 Å². The van der Waals surface area contributed by atoms with Crippen LogP contribution in [0.15, 0.2) is 17.5 Å². The third-order valence-corrected chi connectivity index (χ3v) is 5.12. The normalized spacial score (nSPS) is 18.9. The minimum Gasteiger partial charge on any atom is -0.389 e. The van der Waals surface area contributed by atoms with E-state index in [2.05, 4.69) is 41.2 Å². The average molecular weight is 282 g/mol. The van der Waals surface area contributed by atoms with Gasteiger partial charge in [0.05, 0.1) is 5.60 Å². The lowest BCUT2D eigenvalue weighted by molar-refractivity contribution is -0.0161. The highest BCUT2D eigenvalue weighted by Crippen LogP contribution is 2.18. The zero-order chi connectivity index (χ0) is 13.7. The first-order valence-electron chi connectivity index (χ1n) is 7.34. The Morgan fingerprint density at radius 1 is 1.16 bits per heavy atom. The molecule has 1 aromatic rings. The molecule has 2 rings (SSSR count). The predicted molar refractivity (Wildman–Crippen MR) is 81.6 cm³/mol. The largest absolute Gasteiger partial charge is 0.389 e. The summed E-state index contributed by atoms with van der Waals surface area (Å²) in [5.41, 5.74) is -0.490. The van der Waals surface area contributed by atoms with Crippen LogP contribution in [-0.2, 0) is 6.54 Å². The van der Waals surface area contributed by atoms with E-state index in [-0.39, 0.29) is 0 Å². The molecule has 1 N–H and O–H groups in total. The number of thiophene rings is 1. The van der Waals surface area contributed by atoms with Crippen molar-refractivity contribution in [1.82, 2.24) is 9.80 Å². The maximum absolute atomic E-state index is 10.4. The van der Waals surface area contributed by atoms with Gasteiger partial charge in [0.2, 0.25) is 0 Å². The molecule has 1 aromatic heterocycles. The second kappa shape index (κ2) is 6.84. The van der Waals surface area contributed by atoms with E-state index in [1.807, 2.05) is 11.3 Å². The van der Waals surface area contributed by atoms with Crippen molar-refractivity contribution in [3.8, 4) is 0 Å². The maximum atomic E-state index is 10.4. The fraction of sp³-hybridized carbons (Fsp3) is 0.733. The Morgan fingerprint density at radius 3 is 2.32 bits per heavy atom. The molecule has 1 aliphatic rings. The molecule has 108 valence electrons. The van der Waals surface area contributed by atoms with E-state index in [9.17, 15) is 5.11 Å². The number of hydrogen-bond acceptors (Lipinski definition) is 4. The van der Waals surface area contributed by atoms with Gasteiger partial charge in [-0.2, -0.15) is 0 Å². The van der Waals surface area contributed by atoms with E-state index < -0.39 is 5.60 Å². The van der Waals surface area contributed by atoms with E-state index in [0.29, 0.717) is 0 Å². The molecular weight excluding hydrogens is 256 g/mol. The highest BCUT2D eigenvalue weighted by atomic mass is 32.1. The molecular formula is C15H26N2OS. The SMILES string of the molecule is CCC(O)(CC)CN1CCN(Cc2cccs2)CC1. The summed E-state index contributed by atoms with van der Waals surface area (Å²) in [6, 6.07) is 4.34. The second-order valence-corrected chi connectivity index (χ2v) is 6.60. The second-order valence-electron chi connectivity index (χ2n) is 5.56. The monoisotopic (exact) mass is 282 g/mol. The molecule has 3 nitrogen and oxygen atoms in total. The van der Waals surface area contributed by atoms with Crippen LogP contribution in [0.25, 0.3) is 0 Å². The molecule has 0 unspecified atom stereocenters. The molecule has 0 atom stereocenters. The molecule has 4 heteroatoms. The van der Waals surface area contributed by atoms with Gasteiger partial charge in [-0.3, -0.25) is 9.80 Å². The lowest BCUT2D eigenvalue weighted by Crippen LogP contribution is -2.51. The first kappa shape index (κ1) is 15.0. The van der Waals surface area contributed by atoms with Crippen molar-refractivity contribution in [2.24, 2.45) is 0 Å². The van der Waals surface area contributed by atoms with Crippen molar-refractivity contribution in [1.29, 1.82) is 0 Å². The van der Waals surface area contributed by atoms with E-state index in [4.69, 9.17) is 0 Å². The Balaban J connectivity index is 1.76. The standard InChI is InChI=1S/C15H26N2OS/c1-3-15(18,4-2)13-17-9-7-16(8-10-17)12-14-6-5-11-19-14/h5-6,11,18H,3-4,7-10,12-13H2,1-2H3. The Bertz CT molecular complexity index is 354. The lowest BCUT2D eigenvalue weighted by atomic mass is 9.96. The quantitative estimate of drug-likeness (QED) is 0.868. The molecule has 19 heavy (non-hydrogen) atoms.